The number of ether oxygens (including phenoxy) is 1. The van der Waals surface area contributed by atoms with Crippen molar-refractivity contribution in [3.63, 3.8) is 0 Å². The number of rotatable bonds is 8. The Kier molecular flexibility index (Phi) is 8.44. The van der Waals surface area contributed by atoms with E-state index in [0.29, 0.717) is 30.0 Å². The molecule has 1 amide bonds. The number of carbonyl (C=O) groups excluding carboxylic acids is 1. The van der Waals surface area contributed by atoms with E-state index < -0.39 is 18.1 Å². The third kappa shape index (κ3) is 6.00. The molecule has 2 unspecified atom stereocenters. The average molecular weight is 560 g/mol. The molecule has 10 heteroatoms. The summed E-state index contributed by atoms with van der Waals surface area (Å²) in [6, 6.07) is 13.6. The molecule has 208 valence electrons. The minimum atomic E-state index is -3.03. The van der Waals surface area contributed by atoms with Gasteiger partial charge in [0, 0.05) is 24.2 Å². The number of aryl methyl sites for hydroxylation is 1. The van der Waals surface area contributed by atoms with Gasteiger partial charge in [0.1, 0.15) is 11.6 Å². The lowest BCUT2D eigenvalue weighted by Crippen LogP contribution is -2.42. The molecule has 0 saturated carbocycles. The number of hydrogen-bond donors (Lipinski definition) is 2. The highest BCUT2D eigenvalue weighted by Gasteiger charge is 2.36. The Hall–Kier alpha value is -3.27. The molecule has 0 spiro atoms. The molecular weight excluding hydrogens is 528 g/mol. The second kappa shape index (κ2) is 11.5. The maximum absolute atomic E-state index is 14.0. The summed E-state index contributed by atoms with van der Waals surface area (Å²) in [5.74, 6) is 0.132. The smallest absolute Gasteiger partial charge is 0.387 e. The Morgan fingerprint density at radius 2 is 1.95 bits per heavy atom. The SMILES string of the molecule is Cc1ccccc1-c1cc(N2CC(O)CC2CO)ncc1N(C)C(=O)C(C)(C)c1cc(Cl)cc(OC(F)F)c1. The maximum atomic E-state index is 14.0. The highest BCUT2D eigenvalue weighted by Crippen LogP contribution is 2.39. The fraction of sp³-hybridized carbons (Fsp3) is 0.379. The Morgan fingerprint density at radius 1 is 1.23 bits per heavy atom. The van der Waals surface area contributed by atoms with Crippen molar-refractivity contribution in [1.29, 1.82) is 0 Å². The summed E-state index contributed by atoms with van der Waals surface area (Å²) in [4.78, 5) is 21.9. The number of benzene rings is 2. The van der Waals surface area contributed by atoms with Crippen molar-refractivity contribution in [2.75, 3.05) is 30.0 Å². The van der Waals surface area contributed by atoms with Crippen LogP contribution in [0, 0.1) is 6.92 Å². The number of β-amino-alcohol motifs (C(OH)–C–C–N with tert-alkyl or cyclic N) is 1. The topological polar surface area (TPSA) is 86.1 Å². The van der Waals surface area contributed by atoms with Crippen LogP contribution in [-0.4, -0.2) is 60.1 Å². The fourth-order valence-electron chi connectivity index (χ4n) is 5.04. The van der Waals surface area contributed by atoms with Crippen LogP contribution in [-0.2, 0) is 10.2 Å². The van der Waals surface area contributed by atoms with Crippen LogP contribution < -0.4 is 14.5 Å². The lowest BCUT2D eigenvalue weighted by atomic mass is 9.83. The molecule has 2 atom stereocenters. The zero-order chi connectivity index (χ0) is 28.5. The molecule has 4 rings (SSSR count). The lowest BCUT2D eigenvalue weighted by molar-refractivity contribution is -0.122. The molecule has 2 heterocycles. The van der Waals surface area contributed by atoms with E-state index >= 15 is 0 Å². The number of carbonyl (C=O) groups is 1. The van der Waals surface area contributed by atoms with Crippen molar-refractivity contribution in [3.8, 4) is 16.9 Å². The third-order valence-corrected chi connectivity index (χ3v) is 7.44. The zero-order valence-corrected chi connectivity index (χ0v) is 23.0. The number of aromatic nitrogens is 1. The highest BCUT2D eigenvalue weighted by molar-refractivity contribution is 6.30. The van der Waals surface area contributed by atoms with Crippen LogP contribution in [0.2, 0.25) is 5.02 Å². The summed E-state index contributed by atoms with van der Waals surface area (Å²) in [5, 5.41) is 20.2. The van der Waals surface area contributed by atoms with Gasteiger partial charge in [-0.3, -0.25) is 4.79 Å². The van der Waals surface area contributed by atoms with E-state index in [0.717, 1.165) is 16.7 Å². The molecule has 2 N–H and O–H groups in total. The van der Waals surface area contributed by atoms with Crippen LogP contribution >= 0.6 is 11.6 Å². The van der Waals surface area contributed by atoms with Crippen molar-refractivity contribution in [2.45, 2.75) is 51.4 Å². The second-order valence-electron chi connectivity index (χ2n) is 10.3. The average Bonchev–Trinajstić information content (AvgIpc) is 3.27. The molecule has 2 aromatic carbocycles. The van der Waals surface area contributed by atoms with Crippen LogP contribution in [0.25, 0.3) is 11.1 Å². The first-order chi connectivity index (χ1) is 18.4. The minimum absolute atomic E-state index is 0.121. The molecule has 0 aliphatic carbocycles. The number of aliphatic hydroxyl groups excluding tert-OH is 2. The monoisotopic (exact) mass is 559 g/mol. The van der Waals surface area contributed by atoms with Gasteiger partial charge in [-0.25, -0.2) is 4.98 Å². The van der Waals surface area contributed by atoms with Gasteiger partial charge >= 0.3 is 6.61 Å². The van der Waals surface area contributed by atoms with Crippen LogP contribution in [0.4, 0.5) is 20.3 Å². The lowest BCUT2D eigenvalue weighted by Gasteiger charge is -2.32. The van der Waals surface area contributed by atoms with Crippen molar-refractivity contribution in [2.24, 2.45) is 0 Å². The quantitative estimate of drug-likeness (QED) is 0.395. The van der Waals surface area contributed by atoms with Crippen LogP contribution in [0.1, 0.15) is 31.4 Å². The molecule has 1 fully saturated rings. The van der Waals surface area contributed by atoms with Gasteiger partial charge in [0.2, 0.25) is 5.91 Å². The zero-order valence-electron chi connectivity index (χ0n) is 22.2. The molecule has 0 bridgehead atoms. The summed E-state index contributed by atoms with van der Waals surface area (Å²) in [7, 11) is 1.64. The van der Waals surface area contributed by atoms with Crippen LogP contribution in [0.5, 0.6) is 5.75 Å². The summed E-state index contributed by atoms with van der Waals surface area (Å²) in [6.45, 7) is 2.54. The van der Waals surface area contributed by atoms with Gasteiger partial charge in [0.05, 0.1) is 36.1 Å². The number of halogens is 3. The van der Waals surface area contributed by atoms with Gasteiger partial charge in [0.25, 0.3) is 0 Å². The molecule has 1 saturated heterocycles. The number of pyridine rings is 1. The molecule has 1 aromatic heterocycles. The summed E-state index contributed by atoms with van der Waals surface area (Å²) in [6.07, 6.45) is 1.46. The largest absolute Gasteiger partial charge is 0.435 e. The van der Waals surface area contributed by atoms with Gasteiger partial charge in [0.15, 0.2) is 0 Å². The van der Waals surface area contributed by atoms with Gasteiger partial charge in [-0.15, -0.1) is 0 Å². The normalized spacial score (nSPS) is 17.5. The molecule has 1 aliphatic rings. The van der Waals surface area contributed by atoms with E-state index in [1.54, 1.807) is 33.2 Å². The Balaban J connectivity index is 1.77. The first-order valence-electron chi connectivity index (χ1n) is 12.6. The molecule has 1 aliphatic heterocycles. The summed E-state index contributed by atoms with van der Waals surface area (Å²) in [5.41, 5.74) is 2.42. The standard InChI is InChI=1S/C29H32ClF2N3O4/c1-17-7-5-6-8-23(17)24-13-26(35-15-21(37)12-20(35)16-36)33-14-25(24)34(4)27(38)29(2,3)18-9-19(30)11-22(10-18)39-28(31)32/h5-11,13-14,20-21,28,36-37H,12,15-16H2,1-4H3. The molecule has 7 nitrogen and oxygen atoms in total. The Morgan fingerprint density at radius 3 is 2.62 bits per heavy atom. The van der Waals surface area contributed by atoms with Crippen molar-refractivity contribution in [1.82, 2.24) is 4.98 Å². The van der Waals surface area contributed by atoms with Gasteiger partial charge in [-0.2, -0.15) is 8.78 Å². The molecular formula is C29H32ClF2N3O4. The Bertz CT molecular complexity index is 1350. The molecule has 39 heavy (non-hydrogen) atoms. The number of amides is 1. The van der Waals surface area contributed by atoms with E-state index in [4.69, 9.17) is 11.6 Å². The van der Waals surface area contributed by atoms with E-state index in [1.807, 2.05) is 42.2 Å². The van der Waals surface area contributed by atoms with Gasteiger partial charge < -0.3 is 24.7 Å². The number of nitrogens with zero attached hydrogens (tertiary/aromatic N) is 3. The van der Waals surface area contributed by atoms with Crippen LogP contribution in [0.15, 0.2) is 54.7 Å². The van der Waals surface area contributed by atoms with E-state index in [-0.39, 0.29) is 29.3 Å². The number of anilines is 2. The van der Waals surface area contributed by atoms with Crippen LogP contribution in [0.3, 0.4) is 0 Å². The maximum Gasteiger partial charge on any atom is 0.387 e. The summed E-state index contributed by atoms with van der Waals surface area (Å²) >= 11 is 6.18. The second-order valence-corrected chi connectivity index (χ2v) is 10.7. The van der Waals surface area contributed by atoms with Crippen molar-refractivity contribution in [3.05, 3.63) is 70.9 Å². The first kappa shape index (κ1) is 28.7. The number of likely N-dealkylation sites (N-methyl/N-ethyl adjacent to an activating group) is 1. The number of hydrogen-bond acceptors (Lipinski definition) is 6. The highest BCUT2D eigenvalue weighted by atomic mass is 35.5. The van der Waals surface area contributed by atoms with E-state index in [9.17, 15) is 23.8 Å². The van der Waals surface area contributed by atoms with Gasteiger partial charge in [-0.05, 0) is 68.1 Å². The summed E-state index contributed by atoms with van der Waals surface area (Å²) < 4.78 is 30.3. The van der Waals surface area contributed by atoms with Gasteiger partial charge in [-0.1, -0.05) is 35.9 Å². The Labute approximate surface area is 231 Å². The van der Waals surface area contributed by atoms with E-state index in [2.05, 4.69) is 9.72 Å². The van der Waals surface area contributed by atoms with E-state index in [1.165, 1.54) is 17.0 Å². The van der Waals surface area contributed by atoms with Crippen molar-refractivity contribution >= 4 is 29.0 Å². The van der Waals surface area contributed by atoms with Crippen molar-refractivity contribution < 1.29 is 28.5 Å². The third-order valence-electron chi connectivity index (χ3n) is 7.22. The predicted molar refractivity (Wildman–Crippen MR) is 148 cm³/mol. The first-order valence-corrected chi connectivity index (χ1v) is 13.0. The number of aliphatic hydroxyl groups is 2. The molecule has 0 radical (unpaired) electrons. The fourth-order valence-corrected chi connectivity index (χ4v) is 5.27. The number of alkyl halides is 2. The molecule has 3 aromatic rings. The predicted octanol–water partition coefficient (Wildman–Crippen LogP) is 5.18. The minimum Gasteiger partial charge on any atom is -0.435 e.